The Bertz CT molecular complexity index is 965. The van der Waals surface area contributed by atoms with Gasteiger partial charge < -0.3 is 24.4 Å². The molecule has 198 valence electrons. The highest BCUT2D eigenvalue weighted by Crippen LogP contribution is 2.65. The van der Waals surface area contributed by atoms with E-state index >= 15 is 0 Å². The zero-order valence-electron chi connectivity index (χ0n) is 21.3. The van der Waals surface area contributed by atoms with Crippen LogP contribution in [0.15, 0.2) is 24.3 Å². The Morgan fingerprint density at radius 3 is 2.53 bits per heavy atom. The predicted octanol–water partition coefficient (Wildman–Crippen LogP) is 0.534. The third-order valence-corrected chi connectivity index (χ3v) is 10.2. The number of nitrogens with zero attached hydrogens (tertiary/aromatic N) is 3. The summed E-state index contributed by atoms with van der Waals surface area (Å²) in [6, 6.07) is -1.32. The van der Waals surface area contributed by atoms with Crippen LogP contribution in [0.4, 0.5) is 0 Å². The molecule has 5 heterocycles. The van der Waals surface area contributed by atoms with E-state index in [9.17, 15) is 19.5 Å². The van der Waals surface area contributed by atoms with Gasteiger partial charge in [0.15, 0.2) is 0 Å². The fourth-order valence-corrected chi connectivity index (χ4v) is 8.75. The van der Waals surface area contributed by atoms with E-state index in [0.29, 0.717) is 26.3 Å². The smallest absolute Gasteiger partial charge is 0.311 e. The highest BCUT2D eigenvalue weighted by atomic mass is 32.2. The maximum atomic E-state index is 14.3. The van der Waals surface area contributed by atoms with E-state index in [1.165, 1.54) is 11.8 Å². The molecule has 5 aliphatic heterocycles. The number of amides is 2. The maximum Gasteiger partial charge on any atom is 0.311 e. The van der Waals surface area contributed by atoms with E-state index in [1.54, 1.807) is 4.90 Å². The van der Waals surface area contributed by atoms with Gasteiger partial charge in [0.25, 0.3) is 0 Å². The molecule has 0 bridgehead atoms. The molecule has 1 N–H and O–H groups in total. The molecule has 1 unspecified atom stereocenters. The molecule has 1 spiro atoms. The minimum Gasteiger partial charge on any atom is -0.461 e. The van der Waals surface area contributed by atoms with Gasteiger partial charge in [-0.2, -0.15) is 0 Å². The molecule has 0 saturated carbocycles. The van der Waals surface area contributed by atoms with Gasteiger partial charge in [-0.1, -0.05) is 32.1 Å². The van der Waals surface area contributed by atoms with Crippen LogP contribution in [-0.4, -0.2) is 118 Å². The van der Waals surface area contributed by atoms with Crippen LogP contribution in [0.3, 0.4) is 0 Å². The molecule has 0 aliphatic carbocycles. The fraction of sp³-hybridized carbons (Fsp3) is 0.731. The number of cyclic esters (lactones) is 1. The van der Waals surface area contributed by atoms with Crippen molar-refractivity contribution >= 4 is 29.5 Å². The maximum absolute atomic E-state index is 14.3. The third kappa shape index (κ3) is 4.01. The second kappa shape index (κ2) is 9.78. The van der Waals surface area contributed by atoms with E-state index in [0.717, 1.165) is 19.6 Å². The second-order valence-electron chi connectivity index (χ2n) is 10.9. The number of ether oxygens (including phenoxy) is 2. The number of carbonyl (C=O) groups excluding carboxylic acids is 3. The minimum absolute atomic E-state index is 0.0611. The van der Waals surface area contributed by atoms with Gasteiger partial charge in [-0.25, -0.2) is 0 Å². The van der Waals surface area contributed by atoms with Crippen LogP contribution in [0, 0.1) is 17.8 Å². The molecule has 3 fully saturated rings. The molecular weight excluding hydrogens is 482 g/mol. The van der Waals surface area contributed by atoms with Gasteiger partial charge in [0.1, 0.15) is 12.6 Å². The van der Waals surface area contributed by atoms with E-state index in [-0.39, 0.29) is 30.9 Å². The largest absolute Gasteiger partial charge is 0.461 e. The zero-order chi connectivity index (χ0) is 25.7. The summed E-state index contributed by atoms with van der Waals surface area (Å²) in [6.07, 6.45) is 7.80. The van der Waals surface area contributed by atoms with Crippen molar-refractivity contribution in [2.45, 2.75) is 42.3 Å². The van der Waals surface area contributed by atoms with Crippen LogP contribution < -0.4 is 0 Å². The van der Waals surface area contributed by atoms with Crippen molar-refractivity contribution in [1.82, 2.24) is 14.7 Å². The number of rotatable bonds is 6. The van der Waals surface area contributed by atoms with Crippen molar-refractivity contribution < 1.29 is 29.0 Å². The van der Waals surface area contributed by atoms with Crippen LogP contribution in [0.1, 0.15) is 20.8 Å². The van der Waals surface area contributed by atoms with Crippen LogP contribution >= 0.6 is 11.8 Å². The Balaban J connectivity index is 1.54. The number of likely N-dealkylation sites (tertiary alicyclic amines) is 1. The molecule has 2 amide bonds. The van der Waals surface area contributed by atoms with Crippen LogP contribution in [0.2, 0.25) is 0 Å². The average Bonchev–Trinajstić information content (AvgIpc) is 3.11. The number of hydrogen-bond donors (Lipinski definition) is 1. The van der Waals surface area contributed by atoms with Gasteiger partial charge in [0.2, 0.25) is 11.8 Å². The summed E-state index contributed by atoms with van der Waals surface area (Å²) in [5, 5.41) is 10.3. The van der Waals surface area contributed by atoms with Gasteiger partial charge >= 0.3 is 5.97 Å². The first-order valence-electron chi connectivity index (χ1n) is 13.0. The number of aliphatic hydroxyl groups excluding tert-OH is 1. The van der Waals surface area contributed by atoms with E-state index in [1.807, 2.05) is 50.0 Å². The van der Waals surface area contributed by atoms with Crippen molar-refractivity contribution in [2.24, 2.45) is 17.8 Å². The number of aliphatic hydroxyl groups is 1. The van der Waals surface area contributed by atoms with E-state index < -0.39 is 39.4 Å². The number of morpholine rings is 1. The number of carbonyl (C=O) groups is 3. The molecule has 0 radical (unpaired) electrons. The lowest BCUT2D eigenvalue weighted by Gasteiger charge is -2.41. The number of thioether (sulfide) groups is 1. The summed E-state index contributed by atoms with van der Waals surface area (Å²) in [5.74, 6) is -2.26. The lowest BCUT2D eigenvalue weighted by Crippen LogP contribution is -2.58. The average molecular weight is 520 g/mol. The van der Waals surface area contributed by atoms with Gasteiger partial charge in [0, 0.05) is 37.5 Å². The number of hydrogen-bond acceptors (Lipinski definition) is 8. The van der Waals surface area contributed by atoms with Crippen LogP contribution in [0.5, 0.6) is 0 Å². The third-order valence-electron chi connectivity index (χ3n) is 8.44. The normalized spacial score (nSPS) is 37.5. The molecule has 5 aliphatic rings. The first-order valence-corrected chi connectivity index (χ1v) is 13.8. The molecule has 6 atom stereocenters. The highest BCUT2D eigenvalue weighted by molar-refractivity contribution is 8.02. The van der Waals surface area contributed by atoms with Crippen molar-refractivity contribution in [2.75, 3.05) is 59.2 Å². The van der Waals surface area contributed by atoms with Gasteiger partial charge in [-0.3, -0.25) is 19.3 Å². The lowest BCUT2D eigenvalue weighted by atomic mass is 9.75. The SMILES string of the molecule is CC(C)[C@H](CO)N1C(=O)[C@@H]2[C@@H]3C(=O)OCC=C[C@]3(C)S[C@@]23C=CCN(CCN2CCOCC2)C(=O)C13. The van der Waals surface area contributed by atoms with Gasteiger partial charge in [0.05, 0.1) is 42.4 Å². The molecule has 3 saturated heterocycles. The van der Waals surface area contributed by atoms with Crippen molar-refractivity contribution in [3.8, 4) is 0 Å². The van der Waals surface area contributed by atoms with E-state index in [4.69, 9.17) is 9.47 Å². The zero-order valence-corrected chi connectivity index (χ0v) is 22.1. The molecule has 10 heteroatoms. The second-order valence-corrected chi connectivity index (χ2v) is 12.7. The topological polar surface area (TPSA) is 99.6 Å². The molecule has 0 aromatic heterocycles. The summed E-state index contributed by atoms with van der Waals surface area (Å²) in [7, 11) is 0. The van der Waals surface area contributed by atoms with Crippen molar-refractivity contribution in [3.05, 3.63) is 24.3 Å². The number of esters is 1. The molecule has 0 aromatic carbocycles. The Kier molecular flexibility index (Phi) is 6.99. The first kappa shape index (κ1) is 25.8. The predicted molar refractivity (Wildman–Crippen MR) is 135 cm³/mol. The quantitative estimate of drug-likeness (QED) is 0.401. The Morgan fingerprint density at radius 1 is 1.08 bits per heavy atom. The van der Waals surface area contributed by atoms with Gasteiger partial charge in [-0.05, 0) is 18.9 Å². The number of fused-ring (bicyclic) bond motifs is 2. The Morgan fingerprint density at radius 2 is 1.83 bits per heavy atom. The summed E-state index contributed by atoms with van der Waals surface area (Å²) >= 11 is 1.54. The molecular formula is C26H37N3O6S. The van der Waals surface area contributed by atoms with Crippen LogP contribution in [-0.2, 0) is 23.9 Å². The summed E-state index contributed by atoms with van der Waals surface area (Å²) in [6.45, 7) is 10.6. The minimum atomic E-state index is -0.912. The van der Waals surface area contributed by atoms with Crippen LogP contribution in [0.25, 0.3) is 0 Å². The Hall–Kier alpha value is -1.88. The first-order chi connectivity index (χ1) is 17.2. The molecule has 5 rings (SSSR count). The molecule has 9 nitrogen and oxygen atoms in total. The Labute approximate surface area is 216 Å². The molecule has 0 aromatic rings. The summed E-state index contributed by atoms with van der Waals surface area (Å²) < 4.78 is 9.34. The summed E-state index contributed by atoms with van der Waals surface area (Å²) in [4.78, 5) is 47.5. The lowest BCUT2D eigenvalue weighted by molar-refractivity contribution is -0.153. The van der Waals surface area contributed by atoms with Crippen molar-refractivity contribution in [1.29, 1.82) is 0 Å². The monoisotopic (exact) mass is 519 g/mol. The standard InChI is InChI=1S/C26H37N3O6S/c1-17(2)18(16-30)29-21-23(32)28(10-9-27-11-14-34-15-12-27)8-4-7-26(21)19(22(29)31)20-24(33)35-13-5-6-25(20,3)36-26/h4-7,17-21,30H,8-16H2,1-3H3/t18-,19-,20+,21?,25-,26-/m0/s1. The van der Waals surface area contributed by atoms with Gasteiger partial charge in [-0.15, -0.1) is 11.8 Å². The fourth-order valence-electron chi connectivity index (χ4n) is 6.61. The summed E-state index contributed by atoms with van der Waals surface area (Å²) in [5.41, 5.74) is 0. The molecule has 36 heavy (non-hydrogen) atoms. The highest BCUT2D eigenvalue weighted by Gasteiger charge is 2.74. The van der Waals surface area contributed by atoms with Crippen molar-refractivity contribution in [3.63, 3.8) is 0 Å². The van der Waals surface area contributed by atoms with E-state index in [2.05, 4.69) is 4.90 Å².